The van der Waals surface area contributed by atoms with Crippen LogP contribution < -0.4 is 10.5 Å². The lowest BCUT2D eigenvalue weighted by Gasteiger charge is -2.04. The molecule has 2 heteroatoms. The summed E-state index contributed by atoms with van der Waals surface area (Å²) in [5.74, 6) is 1.71. The van der Waals surface area contributed by atoms with Gasteiger partial charge in [-0.2, -0.15) is 0 Å². The smallest absolute Gasteiger partial charge is 0.127 e. The molecule has 0 aromatic heterocycles. The van der Waals surface area contributed by atoms with Crippen molar-refractivity contribution in [3.05, 3.63) is 36.1 Å². The molecule has 0 fully saturated rings. The highest BCUT2D eigenvalue weighted by atomic mass is 16.5. The molecule has 12 heavy (non-hydrogen) atoms. The van der Waals surface area contributed by atoms with Gasteiger partial charge in [-0.15, -0.1) is 0 Å². The van der Waals surface area contributed by atoms with Gasteiger partial charge in [-0.3, -0.25) is 0 Å². The van der Waals surface area contributed by atoms with E-state index >= 15 is 0 Å². The molecule has 0 heterocycles. The first-order valence-corrected chi connectivity index (χ1v) is 3.88. The van der Waals surface area contributed by atoms with E-state index in [1.807, 2.05) is 44.2 Å². The first kappa shape index (κ1) is 8.65. The highest BCUT2D eigenvalue weighted by Crippen LogP contribution is 2.15. The van der Waals surface area contributed by atoms with Gasteiger partial charge >= 0.3 is 0 Å². The molecule has 1 aromatic carbocycles. The van der Waals surface area contributed by atoms with Crippen molar-refractivity contribution < 1.29 is 4.74 Å². The molecule has 0 bridgehead atoms. The first-order valence-electron chi connectivity index (χ1n) is 3.88. The Balaban J connectivity index is 2.71. The lowest BCUT2D eigenvalue weighted by molar-refractivity contribution is 0.427. The zero-order chi connectivity index (χ0) is 8.97. The molecule has 2 N–H and O–H groups in total. The van der Waals surface area contributed by atoms with Crippen LogP contribution in [0.15, 0.2) is 36.1 Å². The number of nitrogen functional groups attached to an aromatic ring is 1. The number of hydrogen-bond acceptors (Lipinski definition) is 2. The summed E-state index contributed by atoms with van der Waals surface area (Å²) in [5.41, 5.74) is 6.27. The molecule has 1 rings (SSSR count). The third-order valence-electron chi connectivity index (χ3n) is 1.57. The quantitative estimate of drug-likeness (QED) is 0.537. The average Bonchev–Trinajstić information content (AvgIpc) is 2.09. The maximum absolute atomic E-state index is 5.52. The van der Waals surface area contributed by atoms with Gasteiger partial charge in [-0.1, -0.05) is 0 Å². The van der Waals surface area contributed by atoms with E-state index < -0.39 is 0 Å². The topological polar surface area (TPSA) is 35.2 Å². The predicted octanol–water partition coefficient (Wildman–Crippen LogP) is 2.57. The van der Waals surface area contributed by atoms with Crippen LogP contribution in [0.3, 0.4) is 0 Å². The van der Waals surface area contributed by atoms with Crippen molar-refractivity contribution in [2.45, 2.75) is 13.8 Å². The van der Waals surface area contributed by atoms with Gasteiger partial charge in [-0.25, -0.2) is 0 Å². The van der Waals surface area contributed by atoms with E-state index in [0.717, 1.165) is 17.2 Å². The molecule has 2 nitrogen and oxygen atoms in total. The lowest BCUT2D eigenvalue weighted by atomic mass is 10.3. The van der Waals surface area contributed by atoms with E-state index in [4.69, 9.17) is 10.5 Å². The number of nitrogens with two attached hydrogens (primary N) is 1. The molecule has 0 unspecified atom stereocenters. The van der Waals surface area contributed by atoms with Gasteiger partial charge in [0, 0.05) is 5.69 Å². The third kappa shape index (κ3) is 2.31. The van der Waals surface area contributed by atoms with Crippen LogP contribution in [-0.4, -0.2) is 0 Å². The molecule has 64 valence electrons. The molecular formula is C10H13NO. The molecule has 0 radical (unpaired) electrons. The van der Waals surface area contributed by atoms with Crippen LogP contribution in [0.4, 0.5) is 5.69 Å². The van der Waals surface area contributed by atoms with Crippen molar-refractivity contribution in [2.75, 3.05) is 5.73 Å². The minimum Gasteiger partial charge on any atom is -0.462 e. The average molecular weight is 163 g/mol. The summed E-state index contributed by atoms with van der Waals surface area (Å²) >= 11 is 0. The van der Waals surface area contributed by atoms with Crippen LogP contribution in [0.1, 0.15) is 13.8 Å². The van der Waals surface area contributed by atoms with Crippen LogP contribution in [0.5, 0.6) is 5.75 Å². The summed E-state index contributed by atoms with van der Waals surface area (Å²) in [7, 11) is 0. The fourth-order valence-corrected chi connectivity index (χ4v) is 0.781. The van der Waals surface area contributed by atoms with E-state index in [9.17, 15) is 0 Å². The monoisotopic (exact) mass is 163 g/mol. The molecule has 0 aliphatic carbocycles. The minimum atomic E-state index is 0.750. The maximum Gasteiger partial charge on any atom is 0.127 e. The molecule has 0 saturated heterocycles. The molecule has 1 aromatic rings. The van der Waals surface area contributed by atoms with E-state index in [0.29, 0.717) is 0 Å². The van der Waals surface area contributed by atoms with Gasteiger partial charge < -0.3 is 10.5 Å². The highest BCUT2D eigenvalue weighted by molar-refractivity contribution is 5.41. The highest BCUT2D eigenvalue weighted by Gasteiger charge is 1.92. The number of hydrogen-bond donors (Lipinski definition) is 1. The van der Waals surface area contributed by atoms with Gasteiger partial charge in [0.2, 0.25) is 0 Å². The van der Waals surface area contributed by atoms with Crippen LogP contribution in [-0.2, 0) is 0 Å². The molecule has 0 aliphatic rings. The molecule has 0 saturated carbocycles. The molecule has 0 aliphatic heterocycles. The first-order chi connectivity index (χ1) is 5.72. The van der Waals surface area contributed by atoms with Crippen LogP contribution in [0.2, 0.25) is 0 Å². The fraction of sp³-hybridized carbons (Fsp3) is 0.200. The maximum atomic E-state index is 5.52. The van der Waals surface area contributed by atoms with Crippen LogP contribution in [0, 0.1) is 0 Å². The predicted molar refractivity (Wildman–Crippen MR) is 50.9 cm³/mol. The third-order valence-corrected chi connectivity index (χ3v) is 1.57. The molecule has 0 spiro atoms. The minimum absolute atomic E-state index is 0.750. The zero-order valence-corrected chi connectivity index (χ0v) is 7.37. The summed E-state index contributed by atoms with van der Waals surface area (Å²) in [6, 6.07) is 7.33. The standard InChI is InChI=1S/C10H13NO/c1-3-8(2)12-10-6-4-9(11)5-7-10/h3-7H,11H2,1-2H3. The Morgan fingerprint density at radius 3 is 2.42 bits per heavy atom. The second-order valence-corrected chi connectivity index (χ2v) is 2.57. The number of anilines is 1. The van der Waals surface area contributed by atoms with Crippen molar-refractivity contribution in [3.63, 3.8) is 0 Å². The zero-order valence-electron chi connectivity index (χ0n) is 7.37. The van der Waals surface area contributed by atoms with Crippen molar-refractivity contribution in [1.82, 2.24) is 0 Å². The van der Waals surface area contributed by atoms with Crippen molar-refractivity contribution in [3.8, 4) is 5.75 Å². The lowest BCUT2D eigenvalue weighted by Crippen LogP contribution is -1.90. The number of allylic oxidation sites excluding steroid dienone is 2. The summed E-state index contributed by atoms with van der Waals surface area (Å²) in [4.78, 5) is 0. The van der Waals surface area contributed by atoms with Crippen LogP contribution in [0.25, 0.3) is 0 Å². The Morgan fingerprint density at radius 2 is 1.92 bits per heavy atom. The number of benzene rings is 1. The SMILES string of the molecule is CC=C(C)Oc1ccc(N)cc1. The number of ether oxygens (including phenoxy) is 1. The fourth-order valence-electron chi connectivity index (χ4n) is 0.781. The Bertz CT molecular complexity index is 274. The molecule has 0 amide bonds. The Labute approximate surface area is 72.7 Å². The summed E-state index contributed by atoms with van der Waals surface area (Å²) in [6.07, 6.45) is 1.91. The van der Waals surface area contributed by atoms with Crippen molar-refractivity contribution in [1.29, 1.82) is 0 Å². The Hall–Kier alpha value is -1.44. The van der Waals surface area contributed by atoms with Gasteiger partial charge in [0.15, 0.2) is 0 Å². The molecular weight excluding hydrogens is 150 g/mol. The second-order valence-electron chi connectivity index (χ2n) is 2.57. The van der Waals surface area contributed by atoms with Crippen LogP contribution >= 0.6 is 0 Å². The largest absolute Gasteiger partial charge is 0.462 e. The number of rotatable bonds is 2. The van der Waals surface area contributed by atoms with Gasteiger partial charge in [0.05, 0.1) is 5.76 Å². The van der Waals surface area contributed by atoms with Crippen molar-refractivity contribution >= 4 is 5.69 Å². The van der Waals surface area contributed by atoms with Gasteiger partial charge in [0.1, 0.15) is 5.75 Å². The van der Waals surface area contributed by atoms with E-state index in [1.165, 1.54) is 0 Å². The van der Waals surface area contributed by atoms with Crippen molar-refractivity contribution in [2.24, 2.45) is 0 Å². The van der Waals surface area contributed by atoms with Gasteiger partial charge in [0.25, 0.3) is 0 Å². The summed E-state index contributed by atoms with van der Waals surface area (Å²) in [5, 5.41) is 0. The van der Waals surface area contributed by atoms with Gasteiger partial charge in [-0.05, 0) is 44.2 Å². The van der Waals surface area contributed by atoms with E-state index in [1.54, 1.807) is 0 Å². The normalized spacial score (nSPS) is 11.3. The summed E-state index contributed by atoms with van der Waals surface area (Å²) in [6.45, 7) is 3.85. The Morgan fingerprint density at radius 1 is 1.33 bits per heavy atom. The molecule has 0 atom stereocenters. The second kappa shape index (κ2) is 3.81. The summed E-state index contributed by atoms with van der Waals surface area (Å²) < 4.78 is 5.42. The van der Waals surface area contributed by atoms with E-state index in [2.05, 4.69) is 0 Å². The Kier molecular flexibility index (Phi) is 2.75. The van der Waals surface area contributed by atoms with E-state index in [-0.39, 0.29) is 0 Å².